The third kappa shape index (κ3) is 2.68. The number of nitrogens with one attached hydrogen (secondary N) is 1. The molecule has 22 heavy (non-hydrogen) atoms. The predicted octanol–water partition coefficient (Wildman–Crippen LogP) is 1.22. The maximum Gasteiger partial charge on any atom is 0.328 e. The minimum Gasteiger partial charge on any atom is -0.504 e. The first-order valence-electron chi connectivity index (χ1n) is 6.30. The van der Waals surface area contributed by atoms with Gasteiger partial charge in [0.05, 0.1) is 17.6 Å². The number of amides is 3. The van der Waals surface area contributed by atoms with Crippen molar-refractivity contribution in [2.45, 2.75) is 6.92 Å². The third-order valence-electron chi connectivity index (χ3n) is 2.98. The second-order valence-corrected chi connectivity index (χ2v) is 4.42. The van der Waals surface area contributed by atoms with Crippen molar-refractivity contribution in [1.82, 2.24) is 10.2 Å². The molecule has 1 aliphatic heterocycles. The summed E-state index contributed by atoms with van der Waals surface area (Å²) in [6.07, 6.45) is 1.16. The Morgan fingerprint density at radius 1 is 1.45 bits per heavy atom. The zero-order chi connectivity index (χ0) is 16.4. The van der Waals surface area contributed by atoms with Crippen molar-refractivity contribution >= 4 is 23.7 Å². The van der Waals surface area contributed by atoms with Gasteiger partial charge in [-0.15, -0.1) is 0 Å². The lowest BCUT2D eigenvalue weighted by Crippen LogP contribution is -2.25. The number of carbonyl (C=O) groups is 2. The summed E-state index contributed by atoms with van der Waals surface area (Å²) >= 11 is 0. The molecule has 0 radical (unpaired) electrons. The molecule has 0 unspecified atom stereocenters. The number of nitro benzene ring substituents is 1. The first kappa shape index (κ1) is 15.3. The highest BCUT2D eigenvalue weighted by Crippen LogP contribution is 2.36. The average Bonchev–Trinajstić information content (AvgIpc) is 2.70. The van der Waals surface area contributed by atoms with Crippen LogP contribution in [0.15, 0.2) is 17.8 Å². The van der Waals surface area contributed by atoms with E-state index in [0.29, 0.717) is 0 Å². The summed E-state index contributed by atoms with van der Waals surface area (Å²) in [5.74, 6) is -1.03. The van der Waals surface area contributed by atoms with Crippen LogP contribution in [0.5, 0.6) is 11.5 Å². The van der Waals surface area contributed by atoms with Gasteiger partial charge < -0.3 is 15.2 Å². The summed E-state index contributed by atoms with van der Waals surface area (Å²) in [6.45, 7) is 1.86. The Balaban J connectivity index is 2.53. The molecule has 0 spiro atoms. The molecule has 1 aromatic rings. The van der Waals surface area contributed by atoms with Gasteiger partial charge in [-0.05, 0) is 13.0 Å². The van der Waals surface area contributed by atoms with Crippen LogP contribution in [0.4, 0.5) is 10.5 Å². The lowest BCUT2D eigenvalue weighted by Gasteiger charge is -2.08. The van der Waals surface area contributed by atoms with Gasteiger partial charge in [0, 0.05) is 18.7 Å². The number of phenols is 1. The van der Waals surface area contributed by atoms with E-state index >= 15 is 0 Å². The van der Waals surface area contributed by atoms with Crippen LogP contribution in [-0.2, 0) is 4.79 Å². The van der Waals surface area contributed by atoms with Crippen LogP contribution in [-0.4, -0.2) is 40.5 Å². The van der Waals surface area contributed by atoms with E-state index in [1.165, 1.54) is 7.05 Å². The van der Waals surface area contributed by atoms with Gasteiger partial charge in [-0.2, -0.15) is 0 Å². The molecule has 0 aromatic heterocycles. The standard InChI is InChI=1S/C13H13N3O6/c1-3-22-10-6-8(16(20)21)4-7(11(10)17)5-9-12(18)15(2)13(19)14-9/h4-6,17H,3H2,1-2H3,(H,14,19)/b9-5+. The summed E-state index contributed by atoms with van der Waals surface area (Å²) in [5, 5.41) is 23.3. The summed E-state index contributed by atoms with van der Waals surface area (Å²) in [5.41, 5.74) is -0.402. The number of rotatable bonds is 4. The van der Waals surface area contributed by atoms with Crippen LogP contribution < -0.4 is 10.1 Å². The number of non-ortho nitro benzene ring substituents is 1. The maximum absolute atomic E-state index is 11.8. The van der Waals surface area contributed by atoms with Crippen molar-refractivity contribution in [3.05, 3.63) is 33.5 Å². The van der Waals surface area contributed by atoms with Crippen molar-refractivity contribution in [2.24, 2.45) is 0 Å². The number of phenolic OH excluding ortho intramolecular Hbond substituents is 1. The third-order valence-corrected chi connectivity index (χ3v) is 2.98. The Hall–Kier alpha value is -3.10. The van der Waals surface area contributed by atoms with E-state index in [0.717, 1.165) is 23.1 Å². The van der Waals surface area contributed by atoms with E-state index in [2.05, 4.69) is 5.32 Å². The Bertz CT molecular complexity index is 697. The van der Waals surface area contributed by atoms with Gasteiger partial charge in [-0.3, -0.25) is 19.8 Å². The van der Waals surface area contributed by atoms with Gasteiger partial charge in [0.25, 0.3) is 11.6 Å². The Morgan fingerprint density at radius 2 is 2.14 bits per heavy atom. The lowest BCUT2D eigenvalue weighted by atomic mass is 10.1. The van der Waals surface area contributed by atoms with E-state index in [1.54, 1.807) is 6.92 Å². The fourth-order valence-electron chi connectivity index (χ4n) is 1.87. The van der Waals surface area contributed by atoms with Crippen LogP contribution in [0.25, 0.3) is 6.08 Å². The molecule has 0 aliphatic carbocycles. The van der Waals surface area contributed by atoms with Crippen LogP contribution in [0.3, 0.4) is 0 Å². The second-order valence-electron chi connectivity index (χ2n) is 4.42. The maximum atomic E-state index is 11.8. The number of aromatic hydroxyl groups is 1. The number of likely N-dealkylation sites (N-methyl/N-ethyl adjacent to an activating group) is 1. The number of carbonyl (C=O) groups excluding carboxylic acids is 2. The molecule has 116 valence electrons. The minimum absolute atomic E-state index is 0.00315. The SMILES string of the molecule is CCOc1cc([N+](=O)[O-])cc(/C=C2/NC(=O)N(C)C2=O)c1O. The molecule has 2 rings (SSSR count). The number of nitro groups is 1. The van der Waals surface area contributed by atoms with Crippen molar-refractivity contribution < 1.29 is 24.4 Å². The molecule has 1 heterocycles. The quantitative estimate of drug-likeness (QED) is 0.373. The Kier molecular flexibility index (Phi) is 3.97. The van der Waals surface area contributed by atoms with Crippen LogP contribution in [0.2, 0.25) is 0 Å². The predicted molar refractivity (Wildman–Crippen MR) is 75.2 cm³/mol. The van der Waals surface area contributed by atoms with Gasteiger partial charge in [-0.25, -0.2) is 4.79 Å². The van der Waals surface area contributed by atoms with Gasteiger partial charge in [0.15, 0.2) is 11.5 Å². The number of imide groups is 1. The van der Waals surface area contributed by atoms with E-state index in [9.17, 15) is 24.8 Å². The van der Waals surface area contributed by atoms with Gasteiger partial charge >= 0.3 is 6.03 Å². The average molecular weight is 307 g/mol. The molecule has 0 bridgehead atoms. The fourth-order valence-corrected chi connectivity index (χ4v) is 1.87. The smallest absolute Gasteiger partial charge is 0.328 e. The van der Waals surface area contributed by atoms with E-state index in [1.807, 2.05) is 0 Å². The molecular formula is C13H13N3O6. The van der Waals surface area contributed by atoms with Gasteiger partial charge in [0.2, 0.25) is 0 Å². The molecule has 0 saturated carbocycles. The first-order valence-corrected chi connectivity index (χ1v) is 6.30. The molecule has 1 aromatic carbocycles. The molecule has 0 atom stereocenters. The van der Waals surface area contributed by atoms with Crippen molar-refractivity contribution in [2.75, 3.05) is 13.7 Å². The Labute approximate surface area is 124 Å². The zero-order valence-corrected chi connectivity index (χ0v) is 11.8. The summed E-state index contributed by atoms with van der Waals surface area (Å²) in [4.78, 5) is 34.3. The zero-order valence-electron chi connectivity index (χ0n) is 11.8. The highest BCUT2D eigenvalue weighted by molar-refractivity contribution is 6.13. The molecule has 3 amide bonds. The number of hydrogen-bond donors (Lipinski definition) is 2. The molecule has 1 aliphatic rings. The molecule has 1 fully saturated rings. The Morgan fingerprint density at radius 3 is 2.64 bits per heavy atom. The molecular weight excluding hydrogens is 294 g/mol. The van der Waals surface area contributed by atoms with E-state index < -0.39 is 16.9 Å². The summed E-state index contributed by atoms with van der Waals surface area (Å²) < 4.78 is 5.14. The number of urea groups is 1. The normalized spacial score (nSPS) is 16.1. The number of benzene rings is 1. The van der Waals surface area contributed by atoms with Crippen LogP contribution in [0, 0.1) is 10.1 Å². The van der Waals surface area contributed by atoms with E-state index in [-0.39, 0.29) is 35.1 Å². The molecule has 9 nitrogen and oxygen atoms in total. The van der Waals surface area contributed by atoms with E-state index in [4.69, 9.17) is 4.74 Å². The summed E-state index contributed by atoms with van der Waals surface area (Å²) in [6, 6.07) is 1.55. The highest BCUT2D eigenvalue weighted by atomic mass is 16.6. The van der Waals surface area contributed by atoms with Gasteiger partial charge in [-0.1, -0.05) is 0 Å². The monoisotopic (exact) mass is 307 g/mol. The number of nitrogens with zero attached hydrogens (tertiary/aromatic N) is 2. The van der Waals surface area contributed by atoms with Crippen molar-refractivity contribution in [3.8, 4) is 11.5 Å². The summed E-state index contributed by atoms with van der Waals surface area (Å²) in [7, 11) is 1.29. The number of hydrogen-bond acceptors (Lipinski definition) is 6. The van der Waals surface area contributed by atoms with Crippen molar-refractivity contribution in [3.63, 3.8) is 0 Å². The largest absolute Gasteiger partial charge is 0.504 e. The fraction of sp³-hybridized carbons (Fsp3) is 0.231. The minimum atomic E-state index is -0.648. The van der Waals surface area contributed by atoms with Crippen LogP contribution in [0.1, 0.15) is 12.5 Å². The number of ether oxygens (including phenoxy) is 1. The highest BCUT2D eigenvalue weighted by Gasteiger charge is 2.30. The molecule has 1 saturated heterocycles. The van der Waals surface area contributed by atoms with Crippen molar-refractivity contribution in [1.29, 1.82) is 0 Å². The topological polar surface area (TPSA) is 122 Å². The molecule has 9 heteroatoms. The first-order chi connectivity index (χ1) is 10.3. The molecule has 2 N–H and O–H groups in total. The lowest BCUT2D eigenvalue weighted by molar-refractivity contribution is -0.385. The second kappa shape index (κ2) is 5.72. The van der Waals surface area contributed by atoms with Crippen LogP contribution >= 0.6 is 0 Å². The van der Waals surface area contributed by atoms with Gasteiger partial charge in [0.1, 0.15) is 5.70 Å².